The number of aryl methyl sites for hydroxylation is 2. The molecular formula is C25H28N6O3S. The summed E-state index contributed by atoms with van der Waals surface area (Å²) in [5.74, 6) is 0.933. The number of nitrogens with one attached hydrogen (secondary N) is 2. The molecule has 2 heterocycles. The molecule has 0 saturated heterocycles. The number of benzene rings is 2. The molecule has 4 aromatic rings. The molecule has 10 heteroatoms. The van der Waals surface area contributed by atoms with Crippen molar-refractivity contribution in [2.45, 2.75) is 38.1 Å². The van der Waals surface area contributed by atoms with E-state index >= 15 is 0 Å². The van der Waals surface area contributed by atoms with Gasteiger partial charge < -0.3 is 11.1 Å². The third-order valence-corrected chi connectivity index (χ3v) is 6.97. The fourth-order valence-corrected chi connectivity index (χ4v) is 4.69. The Balaban J connectivity index is 1.37. The summed E-state index contributed by atoms with van der Waals surface area (Å²) in [5.41, 5.74) is 10.9. The molecule has 182 valence electrons. The minimum atomic E-state index is -3.96. The highest BCUT2D eigenvalue weighted by Gasteiger charge is 2.17. The van der Waals surface area contributed by atoms with Gasteiger partial charge in [-0.1, -0.05) is 31.2 Å². The number of pyridine rings is 1. The molecule has 0 fully saturated rings. The second-order valence-corrected chi connectivity index (χ2v) is 9.82. The first-order valence-corrected chi connectivity index (χ1v) is 12.8. The van der Waals surface area contributed by atoms with Crippen LogP contribution in [0.15, 0.2) is 65.6 Å². The first-order chi connectivity index (χ1) is 16.8. The van der Waals surface area contributed by atoms with E-state index in [1.54, 1.807) is 12.1 Å². The van der Waals surface area contributed by atoms with E-state index in [2.05, 4.69) is 21.8 Å². The Morgan fingerprint density at radius 1 is 0.971 bits per heavy atom. The van der Waals surface area contributed by atoms with Crippen LogP contribution in [0, 0.1) is 6.92 Å². The number of sulfonamides is 1. The Hall–Kier alpha value is -3.76. The number of carbonyl (C=O) groups is 1. The Labute approximate surface area is 204 Å². The molecule has 0 aliphatic rings. The lowest BCUT2D eigenvalue weighted by Gasteiger charge is -2.11. The average Bonchev–Trinajstić information content (AvgIpc) is 3.22. The maximum Gasteiger partial charge on any atom is 0.328 e. The van der Waals surface area contributed by atoms with E-state index in [-0.39, 0.29) is 11.4 Å². The zero-order valence-corrected chi connectivity index (χ0v) is 20.5. The maximum absolute atomic E-state index is 12.4. The number of nitrogens with zero attached hydrogens (tertiary/aromatic N) is 3. The minimum absolute atomic E-state index is 0.00333. The normalized spacial score (nSPS) is 11.5. The monoisotopic (exact) mass is 492 g/mol. The topological polar surface area (TPSA) is 132 Å². The molecule has 0 aliphatic heterocycles. The van der Waals surface area contributed by atoms with Crippen LogP contribution in [0.2, 0.25) is 0 Å². The van der Waals surface area contributed by atoms with Crippen LogP contribution < -0.4 is 15.8 Å². The highest BCUT2D eigenvalue weighted by molar-refractivity contribution is 7.90. The number of rotatable bonds is 8. The number of hydrogen-bond donors (Lipinski definition) is 3. The second-order valence-electron chi connectivity index (χ2n) is 8.14. The van der Waals surface area contributed by atoms with Crippen molar-refractivity contribution in [3.63, 3.8) is 0 Å². The number of hydrogen-bond acceptors (Lipinski definition) is 6. The van der Waals surface area contributed by atoms with Crippen LogP contribution in [0.1, 0.15) is 29.6 Å². The van der Waals surface area contributed by atoms with E-state index in [9.17, 15) is 13.2 Å². The summed E-state index contributed by atoms with van der Waals surface area (Å²) >= 11 is 0. The van der Waals surface area contributed by atoms with E-state index in [1.807, 2.05) is 48.0 Å². The zero-order valence-electron chi connectivity index (χ0n) is 19.7. The lowest BCUT2D eigenvalue weighted by atomic mass is 10.1. The Morgan fingerprint density at radius 2 is 1.66 bits per heavy atom. The standard InChI is InChI=1S/C25H28N6O3S/c1-3-23-29-22-13-4-17(2)28-24(22)31(23)20-9-5-18(6-10-20)14-15-27-25(32)30-35(33,34)21-11-7-19(16-26)8-12-21/h4-13H,3,14-16,26H2,1-2H3,(H2,27,30,32). The van der Waals surface area contributed by atoms with Gasteiger partial charge in [-0.3, -0.25) is 4.57 Å². The number of imidazole rings is 1. The van der Waals surface area contributed by atoms with Gasteiger partial charge in [0.2, 0.25) is 0 Å². The summed E-state index contributed by atoms with van der Waals surface area (Å²) in [7, 11) is -3.96. The van der Waals surface area contributed by atoms with Crippen LogP contribution in [0.5, 0.6) is 0 Å². The first kappa shape index (κ1) is 24.4. The summed E-state index contributed by atoms with van der Waals surface area (Å²) in [5, 5.41) is 2.60. The quantitative estimate of drug-likeness (QED) is 0.346. The van der Waals surface area contributed by atoms with Crippen molar-refractivity contribution in [1.29, 1.82) is 0 Å². The lowest BCUT2D eigenvalue weighted by Crippen LogP contribution is -2.40. The average molecular weight is 493 g/mol. The van der Waals surface area contributed by atoms with Gasteiger partial charge in [-0.05, 0) is 60.9 Å². The summed E-state index contributed by atoms with van der Waals surface area (Å²) in [6.45, 7) is 4.61. The lowest BCUT2D eigenvalue weighted by molar-refractivity contribution is 0.246. The number of aromatic nitrogens is 3. The highest BCUT2D eigenvalue weighted by Crippen LogP contribution is 2.21. The summed E-state index contributed by atoms with van der Waals surface area (Å²) < 4.78 is 28.8. The number of urea groups is 1. The van der Waals surface area contributed by atoms with Gasteiger partial charge in [0.1, 0.15) is 11.3 Å². The highest BCUT2D eigenvalue weighted by atomic mass is 32.2. The fourth-order valence-electron chi connectivity index (χ4n) is 3.76. The van der Waals surface area contributed by atoms with E-state index in [0.717, 1.165) is 45.9 Å². The molecule has 0 saturated carbocycles. The van der Waals surface area contributed by atoms with Crippen molar-refractivity contribution >= 4 is 27.2 Å². The summed E-state index contributed by atoms with van der Waals surface area (Å²) in [6, 6.07) is 17.2. The van der Waals surface area contributed by atoms with Gasteiger partial charge in [0.15, 0.2) is 5.65 Å². The molecule has 0 radical (unpaired) electrons. The minimum Gasteiger partial charge on any atom is -0.337 e. The third-order valence-electron chi connectivity index (χ3n) is 5.62. The maximum atomic E-state index is 12.4. The van der Waals surface area contributed by atoms with Gasteiger partial charge in [-0.25, -0.2) is 27.9 Å². The number of fused-ring (bicyclic) bond motifs is 1. The van der Waals surface area contributed by atoms with Crippen molar-refractivity contribution < 1.29 is 13.2 Å². The predicted octanol–water partition coefficient (Wildman–Crippen LogP) is 2.98. The smallest absolute Gasteiger partial charge is 0.328 e. The summed E-state index contributed by atoms with van der Waals surface area (Å²) in [4.78, 5) is 21.5. The largest absolute Gasteiger partial charge is 0.337 e. The van der Waals surface area contributed by atoms with Gasteiger partial charge >= 0.3 is 6.03 Å². The van der Waals surface area contributed by atoms with Gasteiger partial charge in [0.05, 0.1) is 4.90 Å². The molecule has 4 N–H and O–H groups in total. The van der Waals surface area contributed by atoms with Gasteiger partial charge in [-0.2, -0.15) is 0 Å². The zero-order chi connectivity index (χ0) is 25.0. The molecule has 0 atom stereocenters. The predicted molar refractivity (Wildman–Crippen MR) is 135 cm³/mol. The molecule has 4 rings (SSSR count). The van der Waals surface area contributed by atoms with Gasteiger partial charge in [0.25, 0.3) is 10.0 Å². The molecule has 0 bridgehead atoms. The molecule has 0 spiro atoms. The van der Waals surface area contributed by atoms with Gasteiger partial charge in [-0.15, -0.1) is 0 Å². The van der Waals surface area contributed by atoms with Crippen molar-refractivity contribution in [1.82, 2.24) is 24.6 Å². The number of nitrogens with two attached hydrogens (primary N) is 1. The van der Waals surface area contributed by atoms with Crippen molar-refractivity contribution in [3.8, 4) is 5.69 Å². The molecule has 9 nitrogen and oxygen atoms in total. The second kappa shape index (κ2) is 10.2. The Morgan fingerprint density at radius 3 is 2.31 bits per heavy atom. The van der Waals surface area contributed by atoms with Crippen LogP contribution in [0.3, 0.4) is 0 Å². The molecule has 2 aromatic carbocycles. The van der Waals surface area contributed by atoms with Crippen molar-refractivity contribution in [3.05, 3.63) is 83.3 Å². The molecule has 0 aliphatic carbocycles. The number of carbonyl (C=O) groups excluding carboxylic acids is 1. The van der Waals surface area contributed by atoms with Gasteiger partial charge in [0, 0.05) is 30.9 Å². The SMILES string of the molecule is CCc1nc2ccc(C)nc2n1-c1ccc(CCNC(=O)NS(=O)(=O)c2ccc(CN)cc2)cc1. The molecular weight excluding hydrogens is 464 g/mol. The third kappa shape index (κ3) is 5.50. The van der Waals surface area contributed by atoms with Crippen molar-refractivity contribution in [2.24, 2.45) is 5.73 Å². The van der Waals surface area contributed by atoms with Crippen LogP contribution in [-0.4, -0.2) is 35.5 Å². The first-order valence-electron chi connectivity index (χ1n) is 11.3. The Kier molecular flexibility index (Phi) is 7.13. The molecule has 2 aromatic heterocycles. The van der Waals surface area contributed by atoms with Crippen LogP contribution in [-0.2, 0) is 29.4 Å². The Bertz CT molecular complexity index is 1450. The van der Waals surface area contributed by atoms with E-state index < -0.39 is 16.1 Å². The van der Waals surface area contributed by atoms with Crippen molar-refractivity contribution in [2.75, 3.05) is 6.54 Å². The van der Waals surface area contributed by atoms with Crippen LogP contribution in [0.4, 0.5) is 4.79 Å². The molecule has 35 heavy (non-hydrogen) atoms. The van der Waals surface area contributed by atoms with E-state index in [4.69, 9.17) is 10.7 Å². The summed E-state index contributed by atoms with van der Waals surface area (Å²) in [6.07, 6.45) is 1.32. The fraction of sp³-hybridized carbons (Fsp3) is 0.240. The van der Waals surface area contributed by atoms with E-state index in [1.165, 1.54) is 12.1 Å². The number of amides is 2. The van der Waals surface area contributed by atoms with Crippen LogP contribution in [0.25, 0.3) is 16.9 Å². The van der Waals surface area contributed by atoms with E-state index in [0.29, 0.717) is 13.0 Å². The molecule has 2 amide bonds. The molecule has 0 unspecified atom stereocenters. The van der Waals surface area contributed by atoms with Crippen LogP contribution >= 0.6 is 0 Å².